The molecule has 0 spiro atoms. The first-order valence-corrected chi connectivity index (χ1v) is 3.67. The molecule has 0 N–H and O–H groups in total. The Hall–Kier alpha value is -0.720. The average Bonchev–Trinajstić information content (AvgIpc) is 1.88. The molecule has 0 aliphatic heterocycles. The minimum absolute atomic E-state index is 0.704. The molecule has 10 heavy (non-hydrogen) atoms. The zero-order valence-corrected chi connectivity index (χ0v) is 6.94. The highest BCUT2D eigenvalue weighted by molar-refractivity contribution is 5.03. The summed E-state index contributed by atoms with van der Waals surface area (Å²) in [5, 5.41) is 0. The van der Waals surface area contributed by atoms with E-state index in [0.29, 0.717) is 6.61 Å². The Morgan fingerprint density at radius 3 is 2.30 bits per heavy atom. The number of hydrogen-bond donors (Lipinski definition) is 0. The highest BCUT2D eigenvalue weighted by Gasteiger charge is 1.94. The van der Waals surface area contributed by atoms with Gasteiger partial charge in [-0.3, -0.25) is 0 Å². The molecule has 0 atom stereocenters. The van der Waals surface area contributed by atoms with Crippen LogP contribution in [0.15, 0.2) is 24.5 Å². The van der Waals surface area contributed by atoms with Gasteiger partial charge >= 0.3 is 0 Å². The Kier molecular flexibility index (Phi) is 4.73. The summed E-state index contributed by atoms with van der Waals surface area (Å²) >= 11 is 0. The summed E-state index contributed by atoms with van der Waals surface area (Å²) in [5.74, 6) is 0.828. The van der Waals surface area contributed by atoms with Gasteiger partial charge in [-0.05, 0) is 13.3 Å². The third-order valence-electron chi connectivity index (χ3n) is 1.30. The van der Waals surface area contributed by atoms with E-state index in [9.17, 15) is 0 Å². The summed E-state index contributed by atoms with van der Waals surface area (Å²) in [7, 11) is 0. The van der Waals surface area contributed by atoms with E-state index in [0.717, 1.165) is 18.6 Å². The minimum atomic E-state index is 0.704. The van der Waals surface area contributed by atoms with Crippen molar-refractivity contribution in [1.82, 2.24) is 0 Å². The number of ether oxygens (including phenoxy) is 1. The summed E-state index contributed by atoms with van der Waals surface area (Å²) in [6, 6.07) is 0. The molecule has 0 rings (SSSR count). The second-order valence-corrected chi connectivity index (χ2v) is 2.25. The lowest BCUT2D eigenvalue weighted by Gasteiger charge is -2.06. The Balaban J connectivity index is 3.47. The quantitative estimate of drug-likeness (QED) is 0.421. The fourth-order valence-electron chi connectivity index (χ4n) is 0.659. The van der Waals surface area contributed by atoms with E-state index < -0.39 is 0 Å². The second kappa shape index (κ2) is 5.10. The maximum atomic E-state index is 5.16. The van der Waals surface area contributed by atoms with Crippen molar-refractivity contribution in [1.29, 1.82) is 0 Å². The molecule has 1 nitrogen and oxygen atoms in total. The van der Waals surface area contributed by atoms with Gasteiger partial charge in [-0.15, -0.1) is 0 Å². The van der Waals surface area contributed by atoms with E-state index in [1.165, 1.54) is 5.57 Å². The van der Waals surface area contributed by atoms with Gasteiger partial charge in [0.25, 0.3) is 0 Å². The molecule has 0 bridgehead atoms. The maximum absolute atomic E-state index is 5.16. The van der Waals surface area contributed by atoms with Crippen LogP contribution in [-0.4, -0.2) is 6.61 Å². The van der Waals surface area contributed by atoms with Crippen molar-refractivity contribution >= 4 is 0 Å². The van der Waals surface area contributed by atoms with Crippen LogP contribution in [0.1, 0.15) is 26.7 Å². The Morgan fingerprint density at radius 2 is 1.90 bits per heavy atom. The molecule has 1 heteroatoms. The van der Waals surface area contributed by atoms with Crippen LogP contribution >= 0.6 is 0 Å². The molecule has 0 heterocycles. The third-order valence-corrected chi connectivity index (χ3v) is 1.30. The van der Waals surface area contributed by atoms with E-state index in [1.807, 2.05) is 6.92 Å². The maximum Gasteiger partial charge on any atom is 0.0928 e. The van der Waals surface area contributed by atoms with Crippen LogP contribution in [-0.2, 0) is 4.74 Å². The van der Waals surface area contributed by atoms with E-state index in [1.54, 1.807) is 0 Å². The molecule has 0 radical (unpaired) electrons. The molecule has 0 aromatic rings. The second-order valence-electron chi connectivity index (χ2n) is 2.25. The molecule has 0 aromatic heterocycles. The first kappa shape index (κ1) is 9.28. The first-order valence-electron chi connectivity index (χ1n) is 3.67. The van der Waals surface area contributed by atoms with Crippen LogP contribution in [0.2, 0.25) is 0 Å². The highest BCUT2D eigenvalue weighted by Crippen LogP contribution is 2.10. The van der Waals surface area contributed by atoms with Crippen molar-refractivity contribution in [3.8, 4) is 0 Å². The lowest BCUT2D eigenvalue weighted by Crippen LogP contribution is -1.90. The van der Waals surface area contributed by atoms with Crippen molar-refractivity contribution in [3.05, 3.63) is 24.5 Å². The van der Waals surface area contributed by atoms with Gasteiger partial charge in [0, 0.05) is 6.42 Å². The monoisotopic (exact) mass is 140 g/mol. The van der Waals surface area contributed by atoms with Crippen LogP contribution in [0.4, 0.5) is 0 Å². The van der Waals surface area contributed by atoms with Crippen LogP contribution in [0, 0.1) is 0 Å². The van der Waals surface area contributed by atoms with Crippen molar-refractivity contribution in [2.75, 3.05) is 6.61 Å². The van der Waals surface area contributed by atoms with Crippen molar-refractivity contribution in [3.63, 3.8) is 0 Å². The standard InChI is InChI=1S/C9H16O/c1-5-8(3)7-9(4)10-6-2/h3-7H2,1-2H3. The Morgan fingerprint density at radius 1 is 1.30 bits per heavy atom. The molecular weight excluding hydrogens is 124 g/mol. The number of rotatable bonds is 5. The lowest BCUT2D eigenvalue weighted by atomic mass is 10.1. The predicted octanol–water partition coefficient (Wildman–Crippen LogP) is 2.89. The smallest absolute Gasteiger partial charge is 0.0928 e. The van der Waals surface area contributed by atoms with E-state index in [-0.39, 0.29) is 0 Å². The third kappa shape index (κ3) is 4.19. The van der Waals surface area contributed by atoms with Crippen LogP contribution < -0.4 is 0 Å². The molecule has 0 saturated heterocycles. The van der Waals surface area contributed by atoms with Gasteiger partial charge in [0.1, 0.15) is 0 Å². The normalized spacial score (nSPS) is 9.00. The van der Waals surface area contributed by atoms with Gasteiger partial charge in [-0.25, -0.2) is 0 Å². The molecule has 0 aliphatic carbocycles. The van der Waals surface area contributed by atoms with Gasteiger partial charge < -0.3 is 4.74 Å². The summed E-state index contributed by atoms with van der Waals surface area (Å²) in [6.07, 6.45) is 1.82. The topological polar surface area (TPSA) is 9.23 Å². The molecule has 0 aromatic carbocycles. The van der Waals surface area contributed by atoms with Gasteiger partial charge in [0.05, 0.1) is 12.4 Å². The lowest BCUT2D eigenvalue weighted by molar-refractivity contribution is 0.224. The Bertz CT molecular complexity index is 125. The van der Waals surface area contributed by atoms with Crippen LogP contribution in [0.25, 0.3) is 0 Å². The summed E-state index contributed by atoms with van der Waals surface area (Å²) in [4.78, 5) is 0. The van der Waals surface area contributed by atoms with Crippen LogP contribution in [0.5, 0.6) is 0 Å². The summed E-state index contributed by atoms with van der Waals surface area (Å²) in [5.41, 5.74) is 1.18. The van der Waals surface area contributed by atoms with Gasteiger partial charge in [-0.1, -0.05) is 25.7 Å². The fraction of sp³-hybridized carbons (Fsp3) is 0.556. The van der Waals surface area contributed by atoms with Gasteiger partial charge in [0.15, 0.2) is 0 Å². The summed E-state index contributed by atoms with van der Waals surface area (Å²) in [6.45, 7) is 12.4. The Labute approximate surface area is 63.4 Å². The minimum Gasteiger partial charge on any atom is -0.499 e. The van der Waals surface area contributed by atoms with Gasteiger partial charge in [0.2, 0.25) is 0 Å². The fourth-order valence-corrected chi connectivity index (χ4v) is 0.659. The van der Waals surface area contributed by atoms with E-state index in [4.69, 9.17) is 4.74 Å². The van der Waals surface area contributed by atoms with Gasteiger partial charge in [-0.2, -0.15) is 0 Å². The number of allylic oxidation sites excluding steroid dienone is 1. The van der Waals surface area contributed by atoms with E-state index in [2.05, 4.69) is 20.1 Å². The zero-order chi connectivity index (χ0) is 7.98. The number of hydrogen-bond acceptors (Lipinski definition) is 1. The largest absolute Gasteiger partial charge is 0.499 e. The molecule has 0 unspecified atom stereocenters. The van der Waals surface area contributed by atoms with Crippen molar-refractivity contribution in [2.24, 2.45) is 0 Å². The first-order chi connectivity index (χ1) is 4.70. The van der Waals surface area contributed by atoms with Crippen molar-refractivity contribution < 1.29 is 4.74 Å². The average molecular weight is 140 g/mol. The molecule has 0 fully saturated rings. The SMILES string of the molecule is C=C(CC)CC(=C)OCC. The highest BCUT2D eigenvalue weighted by atomic mass is 16.5. The molecule has 58 valence electrons. The zero-order valence-electron chi connectivity index (χ0n) is 6.94. The predicted molar refractivity (Wildman–Crippen MR) is 44.8 cm³/mol. The van der Waals surface area contributed by atoms with Crippen LogP contribution in [0.3, 0.4) is 0 Å². The summed E-state index contributed by atoms with van der Waals surface area (Å²) < 4.78 is 5.16. The van der Waals surface area contributed by atoms with E-state index >= 15 is 0 Å². The molecule has 0 amide bonds. The molecule has 0 aliphatic rings. The molecular formula is C9H16O. The molecule has 0 saturated carbocycles. The van der Waals surface area contributed by atoms with Crippen molar-refractivity contribution in [2.45, 2.75) is 26.7 Å².